The molecular formula is C17H20FN3O5. The molecule has 1 saturated heterocycles. The van der Waals surface area contributed by atoms with E-state index in [1.54, 1.807) is 13.8 Å². The highest BCUT2D eigenvalue weighted by Crippen LogP contribution is 2.20. The highest BCUT2D eigenvalue weighted by Gasteiger charge is 2.47. The minimum absolute atomic E-state index is 0.151. The molecule has 1 atom stereocenters. The lowest BCUT2D eigenvalue weighted by Crippen LogP contribution is -2.43. The number of halogens is 1. The maximum atomic E-state index is 12.8. The summed E-state index contributed by atoms with van der Waals surface area (Å²) in [5, 5.41) is 5.02. The van der Waals surface area contributed by atoms with Gasteiger partial charge in [0.2, 0.25) is 0 Å². The van der Waals surface area contributed by atoms with E-state index in [2.05, 4.69) is 10.6 Å². The quantitative estimate of drug-likeness (QED) is 0.547. The molecule has 1 aromatic rings. The number of hydrogen-bond donors (Lipinski definition) is 2. The predicted octanol–water partition coefficient (Wildman–Crippen LogP) is 0.706. The van der Waals surface area contributed by atoms with Crippen molar-refractivity contribution in [3.05, 3.63) is 35.6 Å². The van der Waals surface area contributed by atoms with Gasteiger partial charge in [-0.15, -0.1) is 0 Å². The lowest BCUT2D eigenvalue weighted by atomic mass is 9.99. The van der Waals surface area contributed by atoms with Crippen molar-refractivity contribution in [2.24, 2.45) is 0 Å². The number of nitrogens with zero attached hydrogens (tertiary/aromatic N) is 1. The van der Waals surface area contributed by atoms with Gasteiger partial charge in [0.25, 0.3) is 11.8 Å². The van der Waals surface area contributed by atoms with Gasteiger partial charge in [0, 0.05) is 6.54 Å². The molecule has 4 amide bonds. The molecule has 0 radical (unpaired) electrons. The molecule has 0 bridgehead atoms. The minimum Gasteiger partial charge on any atom is -0.454 e. The van der Waals surface area contributed by atoms with Gasteiger partial charge < -0.3 is 15.4 Å². The van der Waals surface area contributed by atoms with Crippen molar-refractivity contribution in [1.29, 1.82) is 0 Å². The van der Waals surface area contributed by atoms with Crippen LogP contribution in [0.4, 0.5) is 9.18 Å². The maximum absolute atomic E-state index is 12.8. The molecule has 1 aliphatic rings. The van der Waals surface area contributed by atoms with Gasteiger partial charge in [0.1, 0.15) is 17.9 Å². The SMILES string of the molecule is CC[C@@]1(C)NC(=O)N(CC(=O)OCC(=O)NCc2ccc(F)cc2)C1=O. The number of carbonyl (C=O) groups is 4. The number of urea groups is 1. The van der Waals surface area contributed by atoms with E-state index in [0.717, 1.165) is 4.90 Å². The van der Waals surface area contributed by atoms with Crippen LogP contribution < -0.4 is 10.6 Å². The second kappa shape index (κ2) is 7.94. The molecule has 0 unspecified atom stereocenters. The Morgan fingerprint density at radius 3 is 2.50 bits per heavy atom. The van der Waals surface area contributed by atoms with Gasteiger partial charge in [-0.2, -0.15) is 0 Å². The molecule has 0 spiro atoms. The summed E-state index contributed by atoms with van der Waals surface area (Å²) in [6.45, 7) is 2.35. The molecule has 2 rings (SSSR count). The van der Waals surface area contributed by atoms with E-state index in [1.165, 1.54) is 24.3 Å². The number of amides is 4. The van der Waals surface area contributed by atoms with Crippen LogP contribution in [-0.4, -0.2) is 47.4 Å². The zero-order valence-electron chi connectivity index (χ0n) is 14.5. The van der Waals surface area contributed by atoms with Crippen LogP contribution in [-0.2, 0) is 25.7 Å². The Labute approximate surface area is 149 Å². The maximum Gasteiger partial charge on any atom is 0.326 e. The number of imide groups is 1. The number of esters is 1. The first kappa shape index (κ1) is 19.4. The summed E-state index contributed by atoms with van der Waals surface area (Å²) in [6.07, 6.45) is 0.384. The molecule has 8 nitrogen and oxygen atoms in total. The average molecular weight is 365 g/mol. The molecule has 0 aliphatic carbocycles. The van der Waals surface area contributed by atoms with Crippen LogP contribution in [0.25, 0.3) is 0 Å². The summed E-state index contributed by atoms with van der Waals surface area (Å²) in [5.41, 5.74) is -0.353. The van der Waals surface area contributed by atoms with Crippen molar-refractivity contribution in [1.82, 2.24) is 15.5 Å². The normalized spacial score (nSPS) is 19.3. The minimum atomic E-state index is -1.04. The third-order valence-corrected chi connectivity index (χ3v) is 4.11. The number of nitrogens with one attached hydrogen (secondary N) is 2. The van der Waals surface area contributed by atoms with Crippen molar-refractivity contribution in [3.8, 4) is 0 Å². The Morgan fingerprint density at radius 1 is 1.27 bits per heavy atom. The van der Waals surface area contributed by atoms with Crippen molar-refractivity contribution >= 4 is 23.8 Å². The van der Waals surface area contributed by atoms with Gasteiger partial charge in [-0.05, 0) is 31.0 Å². The summed E-state index contributed by atoms with van der Waals surface area (Å²) in [5.74, 6) is -2.32. The smallest absolute Gasteiger partial charge is 0.326 e. The van der Waals surface area contributed by atoms with E-state index in [0.29, 0.717) is 12.0 Å². The summed E-state index contributed by atoms with van der Waals surface area (Å²) in [6, 6.07) is 4.90. The van der Waals surface area contributed by atoms with E-state index in [9.17, 15) is 23.6 Å². The van der Waals surface area contributed by atoms with Crippen molar-refractivity contribution in [2.75, 3.05) is 13.2 Å². The lowest BCUT2D eigenvalue weighted by Gasteiger charge is -2.18. The number of benzene rings is 1. The zero-order valence-corrected chi connectivity index (χ0v) is 14.5. The van der Waals surface area contributed by atoms with Crippen molar-refractivity contribution < 1.29 is 28.3 Å². The topological polar surface area (TPSA) is 105 Å². The van der Waals surface area contributed by atoms with Gasteiger partial charge >= 0.3 is 12.0 Å². The Bertz CT molecular complexity index is 722. The third kappa shape index (κ3) is 4.56. The molecule has 9 heteroatoms. The van der Waals surface area contributed by atoms with E-state index < -0.39 is 42.5 Å². The summed E-state index contributed by atoms with van der Waals surface area (Å²) >= 11 is 0. The first-order chi connectivity index (χ1) is 12.2. The molecule has 2 N–H and O–H groups in total. The largest absolute Gasteiger partial charge is 0.454 e. The summed E-state index contributed by atoms with van der Waals surface area (Å²) < 4.78 is 17.6. The molecule has 140 valence electrons. The van der Waals surface area contributed by atoms with Gasteiger partial charge in [0.15, 0.2) is 6.61 Å². The summed E-state index contributed by atoms with van der Waals surface area (Å²) in [4.78, 5) is 48.2. The Hall–Kier alpha value is -2.97. The molecule has 0 aromatic heterocycles. The molecular weight excluding hydrogens is 345 g/mol. The van der Waals surface area contributed by atoms with Crippen molar-refractivity contribution in [3.63, 3.8) is 0 Å². The third-order valence-electron chi connectivity index (χ3n) is 4.11. The van der Waals surface area contributed by atoms with Crippen LogP contribution >= 0.6 is 0 Å². The monoisotopic (exact) mass is 365 g/mol. The van der Waals surface area contributed by atoms with E-state index in [4.69, 9.17) is 4.74 Å². The zero-order chi connectivity index (χ0) is 19.3. The van der Waals surface area contributed by atoms with Crippen LogP contribution in [0.2, 0.25) is 0 Å². The highest BCUT2D eigenvalue weighted by molar-refractivity contribution is 6.08. The second-order valence-corrected chi connectivity index (χ2v) is 6.07. The van der Waals surface area contributed by atoms with E-state index in [1.807, 2.05) is 0 Å². The Morgan fingerprint density at radius 2 is 1.92 bits per heavy atom. The van der Waals surface area contributed by atoms with E-state index >= 15 is 0 Å². The van der Waals surface area contributed by atoms with Crippen LogP contribution in [0.15, 0.2) is 24.3 Å². The predicted molar refractivity (Wildman–Crippen MR) is 88.1 cm³/mol. The number of rotatable bonds is 7. The molecule has 1 aliphatic heterocycles. The van der Waals surface area contributed by atoms with Crippen LogP contribution in [0, 0.1) is 5.82 Å². The standard InChI is InChI=1S/C17H20FN3O5/c1-3-17(2)15(24)21(16(25)20-17)9-14(23)26-10-13(22)19-8-11-4-6-12(18)7-5-11/h4-7H,3,8-10H2,1-2H3,(H,19,22)(H,20,25)/t17-/m1/s1. The molecule has 1 heterocycles. The Balaban J connectivity index is 1.76. The molecule has 0 saturated carbocycles. The summed E-state index contributed by atoms with van der Waals surface area (Å²) in [7, 11) is 0. The van der Waals surface area contributed by atoms with Gasteiger partial charge in [-0.3, -0.25) is 19.3 Å². The first-order valence-corrected chi connectivity index (χ1v) is 8.06. The second-order valence-electron chi connectivity index (χ2n) is 6.07. The van der Waals surface area contributed by atoms with Gasteiger partial charge in [0.05, 0.1) is 0 Å². The average Bonchev–Trinajstić information content (AvgIpc) is 2.83. The van der Waals surface area contributed by atoms with Gasteiger partial charge in [-0.25, -0.2) is 9.18 Å². The first-order valence-electron chi connectivity index (χ1n) is 8.06. The molecule has 1 aromatic carbocycles. The van der Waals surface area contributed by atoms with Crippen LogP contribution in [0.5, 0.6) is 0 Å². The fraction of sp³-hybridized carbons (Fsp3) is 0.412. The lowest BCUT2D eigenvalue weighted by molar-refractivity contribution is -0.151. The molecule has 26 heavy (non-hydrogen) atoms. The van der Waals surface area contributed by atoms with E-state index in [-0.39, 0.29) is 12.4 Å². The Kier molecular flexibility index (Phi) is 5.91. The fourth-order valence-corrected chi connectivity index (χ4v) is 2.30. The van der Waals surface area contributed by atoms with Gasteiger partial charge in [-0.1, -0.05) is 19.1 Å². The number of carbonyl (C=O) groups excluding carboxylic acids is 4. The fourth-order valence-electron chi connectivity index (χ4n) is 2.30. The van der Waals surface area contributed by atoms with Crippen molar-refractivity contribution in [2.45, 2.75) is 32.4 Å². The van der Waals surface area contributed by atoms with Crippen LogP contribution in [0.1, 0.15) is 25.8 Å². The molecule has 1 fully saturated rings. The number of hydrogen-bond acceptors (Lipinski definition) is 5. The van der Waals surface area contributed by atoms with Crippen LogP contribution in [0.3, 0.4) is 0 Å². The highest BCUT2D eigenvalue weighted by atomic mass is 19.1. The number of ether oxygens (including phenoxy) is 1.